The van der Waals surface area contributed by atoms with Crippen molar-refractivity contribution in [2.45, 2.75) is 11.8 Å². The van der Waals surface area contributed by atoms with Crippen molar-refractivity contribution in [1.82, 2.24) is 10.0 Å². The number of carbonyl (C=O) groups is 1. The third-order valence-corrected chi connectivity index (χ3v) is 4.27. The summed E-state index contributed by atoms with van der Waals surface area (Å²) in [5.41, 5.74) is 1.03. The van der Waals surface area contributed by atoms with Crippen LogP contribution in [0.5, 0.6) is 0 Å². The lowest BCUT2D eigenvalue weighted by Gasteiger charge is -2.27. The van der Waals surface area contributed by atoms with E-state index in [1.807, 2.05) is 0 Å². The summed E-state index contributed by atoms with van der Waals surface area (Å²) < 4.78 is 30.9. The largest absolute Gasteiger partial charge is 0.465 e. The second-order valence-electron chi connectivity index (χ2n) is 4.42. The van der Waals surface area contributed by atoms with Crippen LogP contribution < -0.4 is 10.0 Å². The Morgan fingerprint density at radius 3 is 2.47 bits per heavy atom. The number of rotatable bonds is 5. The number of sulfonamides is 1. The summed E-state index contributed by atoms with van der Waals surface area (Å²) in [6.45, 7) is 1.33. The van der Waals surface area contributed by atoms with E-state index in [2.05, 4.69) is 14.8 Å². The Morgan fingerprint density at radius 1 is 1.37 bits per heavy atom. The molecule has 0 unspecified atom stereocenters. The lowest BCUT2D eigenvalue weighted by molar-refractivity contribution is 0.0600. The predicted octanol–water partition coefficient (Wildman–Crippen LogP) is -0.136. The maximum atomic E-state index is 11.8. The van der Waals surface area contributed by atoms with Gasteiger partial charge in [-0.1, -0.05) is 12.1 Å². The monoisotopic (exact) mass is 284 g/mol. The molecule has 2 rings (SSSR count). The molecule has 1 aromatic rings. The molecule has 0 bridgehead atoms. The van der Waals surface area contributed by atoms with Crippen LogP contribution in [0.4, 0.5) is 0 Å². The minimum absolute atomic E-state index is 0.0145. The van der Waals surface area contributed by atoms with E-state index in [9.17, 15) is 13.2 Å². The first kappa shape index (κ1) is 14.0. The molecule has 1 saturated heterocycles. The highest BCUT2D eigenvalue weighted by molar-refractivity contribution is 7.88. The van der Waals surface area contributed by atoms with Crippen molar-refractivity contribution in [2.24, 2.45) is 0 Å². The average molecular weight is 284 g/mol. The van der Waals surface area contributed by atoms with Gasteiger partial charge in [-0.2, -0.15) is 0 Å². The van der Waals surface area contributed by atoms with Gasteiger partial charge in [-0.25, -0.2) is 17.9 Å². The van der Waals surface area contributed by atoms with E-state index in [1.165, 1.54) is 7.11 Å². The molecule has 0 aliphatic carbocycles. The van der Waals surface area contributed by atoms with Gasteiger partial charge >= 0.3 is 5.97 Å². The van der Waals surface area contributed by atoms with Gasteiger partial charge < -0.3 is 10.1 Å². The number of nitrogens with one attached hydrogen (secondary N) is 2. The molecule has 0 aromatic heterocycles. The molecule has 1 fully saturated rings. The van der Waals surface area contributed by atoms with E-state index in [1.54, 1.807) is 24.3 Å². The van der Waals surface area contributed by atoms with E-state index in [-0.39, 0.29) is 11.8 Å². The van der Waals surface area contributed by atoms with Gasteiger partial charge in [-0.3, -0.25) is 0 Å². The van der Waals surface area contributed by atoms with Crippen LogP contribution >= 0.6 is 0 Å². The Morgan fingerprint density at radius 2 is 2.00 bits per heavy atom. The van der Waals surface area contributed by atoms with Crippen LogP contribution in [0.25, 0.3) is 0 Å². The first-order valence-corrected chi connectivity index (χ1v) is 7.53. The smallest absolute Gasteiger partial charge is 0.337 e. The second-order valence-corrected chi connectivity index (χ2v) is 6.17. The first-order chi connectivity index (χ1) is 9.00. The number of esters is 1. The van der Waals surface area contributed by atoms with Crippen LogP contribution in [0.3, 0.4) is 0 Å². The summed E-state index contributed by atoms with van der Waals surface area (Å²) in [5, 5.41) is 3.00. The summed E-state index contributed by atoms with van der Waals surface area (Å²) in [6, 6.07) is 6.33. The summed E-state index contributed by atoms with van der Waals surface area (Å²) in [5.74, 6) is -0.529. The van der Waals surface area contributed by atoms with Crippen molar-refractivity contribution >= 4 is 16.0 Å². The zero-order chi connectivity index (χ0) is 13.9. The molecule has 19 heavy (non-hydrogen) atoms. The van der Waals surface area contributed by atoms with Crippen LogP contribution in [0.1, 0.15) is 15.9 Å². The molecule has 0 spiro atoms. The van der Waals surface area contributed by atoms with Gasteiger partial charge in [-0.05, 0) is 17.7 Å². The fourth-order valence-corrected chi connectivity index (χ4v) is 3.13. The van der Waals surface area contributed by atoms with Crippen LogP contribution in [-0.4, -0.2) is 40.6 Å². The topological polar surface area (TPSA) is 84.5 Å². The maximum absolute atomic E-state index is 11.8. The zero-order valence-corrected chi connectivity index (χ0v) is 11.4. The molecule has 1 aromatic carbocycles. The third-order valence-electron chi connectivity index (χ3n) is 2.86. The van der Waals surface area contributed by atoms with Crippen molar-refractivity contribution in [1.29, 1.82) is 0 Å². The van der Waals surface area contributed by atoms with E-state index in [0.717, 1.165) is 0 Å². The number of hydrogen-bond donors (Lipinski definition) is 2. The Hall–Kier alpha value is -1.44. The summed E-state index contributed by atoms with van der Waals surface area (Å²) in [7, 11) is -2.04. The fraction of sp³-hybridized carbons (Fsp3) is 0.417. The van der Waals surface area contributed by atoms with Gasteiger partial charge in [0.2, 0.25) is 10.0 Å². The summed E-state index contributed by atoms with van der Waals surface area (Å²) in [4.78, 5) is 11.2. The molecule has 0 amide bonds. The van der Waals surface area contributed by atoms with Crippen molar-refractivity contribution in [3.63, 3.8) is 0 Å². The molecule has 2 N–H and O–H groups in total. The van der Waals surface area contributed by atoms with Crippen molar-refractivity contribution in [2.75, 3.05) is 20.2 Å². The average Bonchev–Trinajstić information content (AvgIpc) is 2.34. The van der Waals surface area contributed by atoms with Crippen molar-refractivity contribution in [3.05, 3.63) is 35.4 Å². The number of carbonyl (C=O) groups excluding carboxylic acids is 1. The normalized spacial score (nSPS) is 15.8. The quantitative estimate of drug-likeness (QED) is 0.736. The lowest BCUT2D eigenvalue weighted by atomic mass is 10.1. The van der Waals surface area contributed by atoms with Crippen molar-refractivity contribution < 1.29 is 17.9 Å². The molecule has 6 nitrogen and oxygen atoms in total. The number of methoxy groups -OCH3 is 1. The molecule has 0 atom stereocenters. The minimum atomic E-state index is -3.34. The molecule has 1 aliphatic heterocycles. The molecule has 0 saturated carbocycles. The number of benzene rings is 1. The zero-order valence-electron chi connectivity index (χ0n) is 10.5. The molecular weight excluding hydrogens is 268 g/mol. The Labute approximate surface area is 112 Å². The summed E-state index contributed by atoms with van der Waals surface area (Å²) >= 11 is 0. The second kappa shape index (κ2) is 5.68. The summed E-state index contributed by atoms with van der Waals surface area (Å²) in [6.07, 6.45) is 0. The molecule has 1 aliphatic rings. The highest BCUT2D eigenvalue weighted by atomic mass is 32.2. The molecule has 0 radical (unpaired) electrons. The molecule has 104 valence electrons. The third kappa shape index (κ3) is 3.76. The van der Waals surface area contributed by atoms with Gasteiger partial charge in [0.25, 0.3) is 0 Å². The highest BCUT2D eigenvalue weighted by Crippen LogP contribution is 2.09. The minimum Gasteiger partial charge on any atom is -0.465 e. The maximum Gasteiger partial charge on any atom is 0.337 e. The van der Waals surface area contributed by atoms with Gasteiger partial charge in [-0.15, -0.1) is 0 Å². The van der Waals surface area contributed by atoms with Crippen molar-refractivity contribution in [3.8, 4) is 0 Å². The van der Waals surface area contributed by atoms with Gasteiger partial charge in [0, 0.05) is 19.1 Å². The van der Waals surface area contributed by atoms with E-state index >= 15 is 0 Å². The fourth-order valence-electron chi connectivity index (χ4n) is 1.74. The van der Waals surface area contributed by atoms with Gasteiger partial charge in [0.15, 0.2) is 0 Å². The highest BCUT2D eigenvalue weighted by Gasteiger charge is 2.23. The Kier molecular flexibility index (Phi) is 4.18. The molecule has 1 heterocycles. The van der Waals surface area contributed by atoms with E-state index < -0.39 is 16.0 Å². The Balaban J connectivity index is 2.00. The Bertz CT molecular complexity index is 550. The van der Waals surface area contributed by atoms with Crippen LogP contribution in [-0.2, 0) is 20.5 Å². The lowest BCUT2D eigenvalue weighted by Crippen LogP contribution is -2.56. The van der Waals surface area contributed by atoms with E-state index in [4.69, 9.17) is 0 Å². The van der Waals surface area contributed by atoms with Gasteiger partial charge in [0.05, 0.1) is 18.4 Å². The standard InChI is InChI=1S/C12H16N2O4S/c1-18-12(15)10-4-2-9(3-5-10)8-19(16,17)14-11-6-13-7-11/h2-5,11,13-14H,6-8H2,1H3. The van der Waals surface area contributed by atoms with Crippen LogP contribution in [0, 0.1) is 0 Å². The van der Waals surface area contributed by atoms with Gasteiger partial charge in [0.1, 0.15) is 0 Å². The van der Waals surface area contributed by atoms with Crippen LogP contribution in [0.2, 0.25) is 0 Å². The SMILES string of the molecule is COC(=O)c1ccc(CS(=O)(=O)NC2CNC2)cc1. The number of hydrogen-bond acceptors (Lipinski definition) is 5. The predicted molar refractivity (Wildman–Crippen MR) is 70.2 cm³/mol. The van der Waals surface area contributed by atoms with Crippen LogP contribution in [0.15, 0.2) is 24.3 Å². The molecule has 7 heteroatoms. The molecular formula is C12H16N2O4S. The first-order valence-electron chi connectivity index (χ1n) is 5.88. The number of ether oxygens (including phenoxy) is 1. The van der Waals surface area contributed by atoms with E-state index in [0.29, 0.717) is 24.2 Å².